The summed E-state index contributed by atoms with van der Waals surface area (Å²) >= 11 is 0. The van der Waals surface area contributed by atoms with Crippen molar-refractivity contribution in [3.63, 3.8) is 0 Å². The molecule has 1 saturated carbocycles. The third kappa shape index (κ3) is 3.62. The number of amides is 2. The van der Waals surface area contributed by atoms with E-state index in [0.29, 0.717) is 23.4 Å². The summed E-state index contributed by atoms with van der Waals surface area (Å²) in [5.74, 6) is 0.858. The average Bonchev–Trinajstić information content (AvgIpc) is 3.11. The molecule has 2 aliphatic heterocycles. The summed E-state index contributed by atoms with van der Waals surface area (Å²) in [6.45, 7) is 0.739. The van der Waals surface area contributed by atoms with Gasteiger partial charge >= 0.3 is 0 Å². The van der Waals surface area contributed by atoms with Gasteiger partial charge in [-0.15, -0.1) is 0 Å². The molecular formula is C24H26N2O4. The van der Waals surface area contributed by atoms with Crippen LogP contribution in [0.25, 0.3) is 0 Å². The van der Waals surface area contributed by atoms with E-state index in [1.165, 1.54) is 6.42 Å². The van der Waals surface area contributed by atoms with Crippen LogP contribution in [0.4, 0.5) is 11.4 Å². The Bertz CT molecular complexity index is 964. The fourth-order valence-corrected chi connectivity index (χ4v) is 4.54. The third-order valence-electron chi connectivity index (χ3n) is 6.17. The molecule has 3 aliphatic rings. The van der Waals surface area contributed by atoms with Crippen LogP contribution in [-0.4, -0.2) is 24.1 Å². The first kappa shape index (κ1) is 19.0. The van der Waals surface area contributed by atoms with E-state index < -0.39 is 5.79 Å². The molecule has 0 unspecified atom stereocenters. The highest BCUT2D eigenvalue weighted by atomic mass is 16.7. The summed E-state index contributed by atoms with van der Waals surface area (Å²) in [6.07, 6.45) is 7.79. The number of hydrogen-bond acceptors (Lipinski definition) is 4. The molecular weight excluding hydrogens is 380 g/mol. The first-order chi connectivity index (χ1) is 14.6. The Labute approximate surface area is 176 Å². The lowest BCUT2D eigenvalue weighted by Crippen LogP contribution is -2.40. The maximum Gasteiger partial charge on any atom is 0.255 e. The number of anilines is 2. The van der Waals surface area contributed by atoms with Crippen molar-refractivity contribution in [2.45, 2.75) is 57.2 Å². The summed E-state index contributed by atoms with van der Waals surface area (Å²) in [5, 5.41) is 2.93. The van der Waals surface area contributed by atoms with Crippen molar-refractivity contribution in [1.82, 2.24) is 0 Å². The van der Waals surface area contributed by atoms with Crippen LogP contribution in [0.3, 0.4) is 0 Å². The number of carbonyl (C=O) groups excluding carboxylic acids is 2. The van der Waals surface area contributed by atoms with Crippen molar-refractivity contribution in [3.05, 3.63) is 48.0 Å². The minimum absolute atomic E-state index is 0.148. The number of piperidine rings is 1. The van der Waals surface area contributed by atoms with E-state index in [4.69, 9.17) is 9.47 Å². The van der Waals surface area contributed by atoms with Gasteiger partial charge in [0, 0.05) is 48.8 Å². The highest BCUT2D eigenvalue weighted by molar-refractivity contribution is 6.05. The SMILES string of the molecule is O=C(Nc1ccc2c(c1)OC1(CCCCC1)O2)c1ccc(N2CCCCC2=O)cc1. The van der Waals surface area contributed by atoms with E-state index >= 15 is 0 Å². The molecule has 6 nitrogen and oxygen atoms in total. The number of benzene rings is 2. The van der Waals surface area contributed by atoms with E-state index in [2.05, 4.69) is 5.32 Å². The zero-order valence-corrected chi connectivity index (χ0v) is 17.0. The van der Waals surface area contributed by atoms with Gasteiger partial charge < -0.3 is 19.7 Å². The molecule has 156 valence electrons. The van der Waals surface area contributed by atoms with Crippen molar-refractivity contribution in [2.24, 2.45) is 0 Å². The third-order valence-corrected chi connectivity index (χ3v) is 6.17. The summed E-state index contributed by atoms with van der Waals surface area (Å²) in [5.41, 5.74) is 2.06. The van der Waals surface area contributed by atoms with Gasteiger partial charge in [0.25, 0.3) is 11.7 Å². The average molecular weight is 406 g/mol. The summed E-state index contributed by atoms with van der Waals surface area (Å²) < 4.78 is 12.2. The second kappa shape index (κ2) is 7.67. The van der Waals surface area contributed by atoms with Gasteiger partial charge in [-0.3, -0.25) is 9.59 Å². The van der Waals surface area contributed by atoms with Crippen molar-refractivity contribution in [1.29, 1.82) is 0 Å². The number of rotatable bonds is 3. The van der Waals surface area contributed by atoms with Crippen LogP contribution in [0.2, 0.25) is 0 Å². The Balaban J connectivity index is 1.26. The fraction of sp³-hybridized carbons (Fsp3) is 0.417. The maximum atomic E-state index is 12.7. The van der Waals surface area contributed by atoms with Gasteiger partial charge in [0.05, 0.1) is 0 Å². The van der Waals surface area contributed by atoms with Crippen molar-refractivity contribution in [2.75, 3.05) is 16.8 Å². The van der Waals surface area contributed by atoms with Crippen LogP contribution >= 0.6 is 0 Å². The van der Waals surface area contributed by atoms with Crippen LogP contribution in [-0.2, 0) is 4.79 Å². The lowest BCUT2D eigenvalue weighted by Gasteiger charge is -2.31. The summed E-state index contributed by atoms with van der Waals surface area (Å²) in [6, 6.07) is 12.7. The molecule has 0 atom stereocenters. The lowest BCUT2D eigenvalue weighted by atomic mass is 9.94. The van der Waals surface area contributed by atoms with Crippen molar-refractivity contribution < 1.29 is 19.1 Å². The molecule has 2 fully saturated rings. The van der Waals surface area contributed by atoms with E-state index in [-0.39, 0.29) is 11.8 Å². The molecule has 0 radical (unpaired) electrons. The minimum atomic E-state index is -0.523. The van der Waals surface area contributed by atoms with E-state index in [1.54, 1.807) is 17.0 Å². The van der Waals surface area contributed by atoms with Gasteiger partial charge in [-0.2, -0.15) is 0 Å². The molecule has 2 aromatic rings. The predicted molar refractivity (Wildman–Crippen MR) is 114 cm³/mol. The largest absolute Gasteiger partial charge is 0.448 e. The van der Waals surface area contributed by atoms with E-state index in [1.807, 2.05) is 30.3 Å². The first-order valence-electron chi connectivity index (χ1n) is 10.9. The topological polar surface area (TPSA) is 67.9 Å². The molecule has 1 aliphatic carbocycles. The van der Waals surface area contributed by atoms with Crippen LogP contribution in [0.5, 0.6) is 11.5 Å². The number of nitrogens with one attached hydrogen (secondary N) is 1. The molecule has 0 aromatic heterocycles. The quantitative estimate of drug-likeness (QED) is 0.788. The second-order valence-corrected chi connectivity index (χ2v) is 8.34. The lowest BCUT2D eigenvalue weighted by molar-refractivity contribution is -0.119. The molecule has 1 spiro atoms. The predicted octanol–water partition coefficient (Wildman–Crippen LogP) is 4.89. The number of hydrogen-bond donors (Lipinski definition) is 1. The Hall–Kier alpha value is -3.02. The standard InChI is InChI=1S/C24H26N2O4/c27-22-6-2-5-15-26(22)19-10-7-17(8-11-19)23(28)25-18-9-12-20-21(16-18)30-24(29-20)13-3-1-4-14-24/h7-12,16H,1-6,13-15H2,(H,25,28). The number of carbonyl (C=O) groups is 2. The second-order valence-electron chi connectivity index (χ2n) is 8.34. The highest BCUT2D eigenvalue weighted by Crippen LogP contribution is 2.46. The van der Waals surface area contributed by atoms with Gasteiger partial charge in [-0.25, -0.2) is 0 Å². The minimum Gasteiger partial charge on any atom is -0.448 e. The van der Waals surface area contributed by atoms with Gasteiger partial charge in [-0.1, -0.05) is 6.42 Å². The van der Waals surface area contributed by atoms with Gasteiger partial charge in [0.1, 0.15) is 0 Å². The Morgan fingerprint density at radius 3 is 2.43 bits per heavy atom. The maximum absolute atomic E-state index is 12.7. The molecule has 2 aromatic carbocycles. The molecule has 1 saturated heterocycles. The zero-order chi connectivity index (χ0) is 20.6. The number of fused-ring (bicyclic) bond motifs is 1. The smallest absolute Gasteiger partial charge is 0.255 e. The zero-order valence-electron chi connectivity index (χ0n) is 17.0. The molecule has 5 rings (SSSR count). The van der Waals surface area contributed by atoms with Crippen molar-refractivity contribution in [3.8, 4) is 11.5 Å². The highest BCUT2D eigenvalue weighted by Gasteiger charge is 2.42. The normalized spacial score (nSPS) is 19.7. The van der Waals surface area contributed by atoms with Crippen molar-refractivity contribution >= 4 is 23.2 Å². The Morgan fingerprint density at radius 1 is 0.900 bits per heavy atom. The molecule has 2 amide bonds. The summed E-state index contributed by atoms with van der Waals surface area (Å²) in [7, 11) is 0. The molecule has 1 N–H and O–H groups in total. The van der Waals surface area contributed by atoms with E-state index in [0.717, 1.165) is 56.5 Å². The van der Waals surface area contributed by atoms with Crippen LogP contribution in [0.15, 0.2) is 42.5 Å². The van der Waals surface area contributed by atoms with Crippen LogP contribution < -0.4 is 19.7 Å². The molecule has 0 bridgehead atoms. The van der Waals surface area contributed by atoms with Crippen LogP contribution in [0.1, 0.15) is 61.7 Å². The monoisotopic (exact) mass is 406 g/mol. The Morgan fingerprint density at radius 2 is 1.67 bits per heavy atom. The summed E-state index contributed by atoms with van der Waals surface area (Å²) in [4.78, 5) is 26.6. The van der Waals surface area contributed by atoms with E-state index in [9.17, 15) is 9.59 Å². The van der Waals surface area contributed by atoms with Gasteiger partial charge in [0.15, 0.2) is 11.5 Å². The fourth-order valence-electron chi connectivity index (χ4n) is 4.54. The Kier molecular flexibility index (Phi) is 4.85. The number of nitrogens with zero attached hydrogens (tertiary/aromatic N) is 1. The molecule has 2 heterocycles. The molecule has 6 heteroatoms. The molecule has 30 heavy (non-hydrogen) atoms. The van der Waals surface area contributed by atoms with Gasteiger partial charge in [-0.05, 0) is 62.1 Å². The van der Waals surface area contributed by atoms with Gasteiger partial charge in [0.2, 0.25) is 5.91 Å². The van der Waals surface area contributed by atoms with Crippen LogP contribution in [0, 0.1) is 0 Å². The first-order valence-corrected chi connectivity index (χ1v) is 10.9. The number of ether oxygens (including phenoxy) is 2.